The second-order valence-electron chi connectivity index (χ2n) is 5.71. The number of morpholine rings is 1. The largest absolute Gasteiger partial charge is 0.379 e. The van der Waals surface area contributed by atoms with Crippen LogP contribution in [0.2, 0.25) is 0 Å². The Labute approximate surface area is 145 Å². The van der Waals surface area contributed by atoms with E-state index in [0.29, 0.717) is 6.61 Å². The SMILES string of the molecule is CCOCc1ccccc1CNC(=NC)NCCN1CCOCC1. The van der Waals surface area contributed by atoms with Gasteiger partial charge in [0.1, 0.15) is 0 Å². The van der Waals surface area contributed by atoms with E-state index in [0.717, 1.165) is 58.5 Å². The van der Waals surface area contributed by atoms with Gasteiger partial charge in [-0.2, -0.15) is 0 Å². The van der Waals surface area contributed by atoms with Gasteiger partial charge in [0.05, 0.1) is 19.8 Å². The van der Waals surface area contributed by atoms with Crippen LogP contribution in [0.3, 0.4) is 0 Å². The highest BCUT2D eigenvalue weighted by atomic mass is 16.5. The lowest BCUT2D eigenvalue weighted by Gasteiger charge is -2.26. The molecule has 1 aromatic carbocycles. The van der Waals surface area contributed by atoms with Crippen molar-refractivity contribution in [2.24, 2.45) is 4.99 Å². The van der Waals surface area contributed by atoms with E-state index >= 15 is 0 Å². The molecule has 0 aliphatic carbocycles. The molecule has 2 N–H and O–H groups in total. The summed E-state index contributed by atoms with van der Waals surface area (Å²) in [5.74, 6) is 0.828. The van der Waals surface area contributed by atoms with Crippen LogP contribution in [-0.2, 0) is 22.6 Å². The van der Waals surface area contributed by atoms with Gasteiger partial charge in [0.2, 0.25) is 0 Å². The molecule has 0 saturated carbocycles. The molecule has 6 nitrogen and oxygen atoms in total. The molecule has 24 heavy (non-hydrogen) atoms. The van der Waals surface area contributed by atoms with Crippen LogP contribution in [0, 0.1) is 0 Å². The van der Waals surface area contributed by atoms with Crippen molar-refractivity contribution in [2.45, 2.75) is 20.1 Å². The fourth-order valence-electron chi connectivity index (χ4n) is 2.64. The first-order valence-electron chi connectivity index (χ1n) is 8.72. The predicted octanol–water partition coefficient (Wildman–Crippen LogP) is 1.22. The first kappa shape index (κ1) is 18.7. The van der Waals surface area contributed by atoms with Crippen LogP contribution < -0.4 is 10.6 Å². The van der Waals surface area contributed by atoms with Crippen molar-refractivity contribution in [1.29, 1.82) is 0 Å². The molecule has 1 fully saturated rings. The molecule has 2 rings (SSSR count). The van der Waals surface area contributed by atoms with Crippen LogP contribution in [0.5, 0.6) is 0 Å². The van der Waals surface area contributed by atoms with Crippen molar-refractivity contribution >= 4 is 5.96 Å². The second-order valence-corrected chi connectivity index (χ2v) is 5.71. The number of guanidine groups is 1. The Bertz CT molecular complexity index is 502. The lowest BCUT2D eigenvalue weighted by atomic mass is 10.1. The number of benzene rings is 1. The number of nitrogens with one attached hydrogen (secondary N) is 2. The summed E-state index contributed by atoms with van der Waals surface area (Å²) in [6.07, 6.45) is 0. The highest BCUT2D eigenvalue weighted by Crippen LogP contribution is 2.09. The fraction of sp³-hybridized carbons (Fsp3) is 0.611. The van der Waals surface area contributed by atoms with Gasteiger partial charge in [0.25, 0.3) is 0 Å². The lowest BCUT2D eigenvalue weighted by molar-refractivity contribution is 0.0389. The van der Waals surface area contributed by atoms with Crippen molar-refractivity contribution < 1.29 is 9.47 Å². The van der Waals surface area contributed by atoms with Crippen LogP contribution in [0.1, 0.15) is 18.1 Å². The normalized spacial score (nSPS) is 16.2. The summed E-state index contributed by atoms with van der Waals surface area (Å²) in [5.41, 5.74) is 2.46. The summed E-state index contributed by atoms with van der Waals surface area (Å²) in [6.45, 7) is 9.71. The third kappa shape index (κ3) is 6.47. The maximum atomic E-state index is 5.54. The molecule has 0 aromatic heterocycles. The van der Waals surface area contributed by atoms with E-state index in [-0.39, 0.29) is 0 Å². The van der Waals surface area contributed by atoms with Gasteiger partial charge >= 0.3 is 0 Å². The first-order valence-corrected chi connectivity index (χ1v) is 8.72. The fourth-order valence-corrected chi connectivity index (χ4v) is 2.64. The molecule has 1 aliphatic rings. The van der Waals surface area contributed by atoms with Gasteiger partial charge in [-0.3, -0.25) is 9.89 Å². The van der Waals surface area contributed by atoms with Crippen LogP contribution in [0.4, 0.5) is 0 Å². The third-order valence-electron chi connectivity index (χ3n) is 4.07. The zero-order valence-corrected chi connectivity index (χ0v) is 14.9. The van der Waals surface area contributed by atoms with Crippen molar-refractivity contribution in [3.05, 3.63) is 35.4 Å². The van der Waals surface area contributed by atoms with Crippen molar-refractivity contribution in [2.75, 3.05) is 53.0 Å². The Morgan fingerprint density at radius 1 is 1.21 bits per heavy atom. The molecule has 134 valence electrons. The number of nitrogens with zero attached hydrogens (tertiary/aromatic N) is 2. The molecular formula is C18H30N4O2. The Kier molecular flexibility index (Phi) is 8.59. The van der Waals surface area contributed by atoms with Crippen molar-refractivity contribution in [3.8, 4) is 0 Å². The number of hydrogen-bond donors (Lipinski definition) is 2. The van der Waals surface area contributed by atoms with E-state index in [2.05, 4.69) is 38.7 Å². The topological polar surface area (TPSA) is 58.1 Å². The molecule has 1 aliphatic heterocycles. The second kappa shape index (κ2) is 11.0. The van der Waals surface area contributed by atoms with E-state index in [4.69, 9.17) is 9.47 Å². The maximum absolute atomic E-state index is 5.54. The van der Waals surface area contributed by atoms with E-state index in [1.54, 1.807) is 7.05 Å². The molecule has 0 amide bonds. The van der Waals surface area contributed by atoms with Gasteiger partial charge in [0.15, 0.2) is 5.96 Å². The van der Waals surface area contributed by atoms with E-state index < -0.39 is 0 Å². The average molecular weight is 334 g/mol. The van der Waals surface area contributed by atoms with Crippen LogP contribution >= 0.6 is 0 Å². The quantitative estimate of drug-likeness (QED) is 0.553. The van der Waals surface area contributed by atoms with Gasteiger partial charge in [-0.25, -0.2) is 0 Å². The van der Waals surface area contributed by atoms with E-state index in [1.165, 1.54) is 11.1 Å². The van der Waals surface area contributed by atoms with E-state index in [9.17, 15) is 0 Å². The van der Waals surface area contributed by atoms with Crippen LogP contribution in [0.15, 0.2) is 29.3 Å². The summed E-state index contributed by atoms with van der Waals surface area (Å²) in [7, 11) is 1.80. The number of rotatable bonds is 8. The Hall–Kier alpha value is -1.63. The van der Waals surface area contributed by atoms with Gasteiger partial charge < -0.3 is 20.1 Å². The smallest absolute Gasteiger partial charge is 0.191 e. The number of hydrogen-bond acceptors (Lipinski definition) is 4. The minimum Gasteiger partial charge on any atom is -0.379 e. The van der Waals surface area contributed by atoms with Gasteiger partial charge in [-0.05, 0) is 18.1 Å². The number of aliphatic imine (C=N–C) groups is 1. The Morgan fingerprint density at radius 2 is 1.96 bits per heavy atom. The molecule has 0 bridgehead atoms. The highest BCUT2D eigenvalue weighted by Gasteiger charge is 2.09. The zero-order chi connectivity index (χ0) is 17.0. The monoisotopic (exact) mass is 334 g/mol. The summed E-state index contributed by atoms with van der Waals surface area (Å²) in [4.78, 5) is 6.70. The standard InChI is InChI=1S/C18H30N4O2/c1-3-23-15-17-7-5-4-6-16(17)14-21-18(19-2)20-8-9-22-10-12-24-13-11-22/h4-7H,3,8-15H2,1-2H3,(H2,19,20,21). The van der Waals surface area contributed by atoms with Crippen LogP contribution in [-0.4, -0.2) is 63.9 Å². The van der Waals surface area contributed by atoms with Gasteiger partial charge in [-0.1, -0.05) is 24.3 Å². The molecule has 1 saturated heterocycles. The summed E-state index contributed by atoms with van der Waals surface area (Å²) >= 11 is 0. The Balaban J connectivity index is 1.74. The van der Waals surface area contributed by atoms with Crippen molar-refractivity contribution in [1.82, 2.24) is 15.5 Å². The summed E-state index contributed by atoms with van der Waals surface area (Å²) < 4.78 is 10.9. The van der Waals surface area contributed by atoms with Gasteiger partial charge in [0, 0.05) is 46.4 Å². The average Bonchev–Trinajstić information content (AvgIpc) is 2.64. The minimum atomic E-state index is 0.650. The minimum absolute atomic E-state index is 0.650. The lowest BCUT2D eigenvalue weighted by Crippen LogP contribution is -2.44. The molecule has 1 aromatic rings. The van der Waals surface area contributed by atoms with Crippen molar-refractivity contribution in [3.63, 3.8) is 0 Å². The third-order valence-corrected chi connectivity index (χ3v) is 4.07. The van der Waals surface area contributed by atoms with E-state index in [1.807, 2.05) is 13.0 Å². The molecule has 6 heteroatoms. The number of ether oxygens (including phenoxy) is 2. The predicted molar refractivity (Wildman–Crippen MR) is 97.2 cm³/mol. The molecule has 0 unspecified atom stereocenters. The molecule has 0 spiro atoms. The van der Waals surface area contributed by atoms with Gasteiger partial charge in [-0.15, -0.1) is 0 Å². The highest BCUT2D eigenvalue weighted by molar-refractivity contribution is 5.79. The molecular weight excluding hydrogens is 304 g/mol. The maximum Gasteiger partial charge on any atom is 0.191 e. The summed E-state index contributed by atoms with van der Waals surface area (Å²) in [5, 5.41) is 6.76. The van der Waals surface area contributed by atoms with Crippen LogP contribution in [0.25, 0.3) is 0 Å². The molecule has 0 radical (unpaired) electrons. The zero-order valence-electron chi connectivity index (χ0n) is 14.9. The molecule has 0 atom stereocenters. The molecule has 1 heterocycles. The first-order chi connectivity index (χ1) is 11.8. The summed E-state index contributed by atoms with van der Waals surface area (Å²) in [6, 6.07) is 8.35. The Morgan fingerprint density at radius 3 is 2.67 bits per heavy atom.